The maximum atomic E-state index is 12.8. The van der Waals surface area contributed by atoms with Crippen LogP contribution in [0.2, 0.25) is 0 Å². The Kier molecular flexibility index (Phi) is 4.52. The minimum atomic E-state index is -4.94. The molecule has 2 N–H and O–H groups in total. The average molecular weight is 298 g/mol. The van der Waals surface area contributed by atoms with Gasteiger partial charge in [0.05, 0.1) is 6.10 Å². The van der Waals surface area contributed by atoms with Gasteiger partial charge in [0.15, 0.2) is 0 Å². The number of hydrogen-bond donors (Lipinski definition) is 2. The van der Waals surface area contributed by atoms with E-state index in [0.29, 0.717) is 0 Å². The Balaban J connectivity index is 2.71. The molecule has 0 aliphatic carbocycles. The van der Waals surface area contributed by atoms with Crippen LogP contribution in [0.4, 0.5) is 18.0 Å². The van der Waals surface area contributed by atoms with Crippen LogP contribution in [0.5, 0.6) is 0 Å². The van der Waals surface area contributed by atoms with Gasteiger partial charge >= 0.3 is 12.3 Å². The molecular formula is C11H17F3N2O4. The van der Waals surface area contributed by atoms with Crippen molar-refractivity contribution in [2.75, 3.05) is 13.1 Å². The first kappa shape index (κ1) is 16.5. The standard InChI is InChI=1S/C11H17F3N2O4/c1-10(2,3)20-9(19)15-7(11(12,13)14)8(18)16-4-6(17)5-16/h6-7,17H,4-5H2,1-3H3,(H,15,19)/t7-/m1/s1. The van der Waals surface area contributed by atoms with E-state index >= 15 is 0 Å². The molecule has 1 fully saturated rings. The van der Waals surface area contributed by atoms with Gasteiger partial charge in [-0.3, -0.25) is 4.79 Å². The zero-order valence-corrected chi connectivity index (χ0v) is 11.3. The van der Waals surface area contributed by atoms with Crippen molar-refractivity contribution in [1.82, 2.24) is 10.2 Å². The predicted molar refractivity (Wildman–Crippen MR) is 61.8 cm³/mol. The fourth-order valence-electron chi connectivity index (χ4n) is 1.53. The zero-order chi connectivity index (χ0) is 15.7. The van der Waals surface area contributed by atoms with Gasteiger partial charge in [0.25, 0.3) is 5.91 Å². The van der Waals surface area contributed by atoms with Gasteiger partial charge in [-0.25, -0.2) is 4.79 Å². The van der Waals surface area contributed by atoms with E-state index in [4.69, 9.17) is 9.84 Å². The molecule has 116 valence electrons. The second kappa shape index (κ2) is 5.47. The SMILES string of the molecule is CC(C)(C)OC(=O)N[C@H](C(=O)N1CC(O)C1)C(F)(F)F. The summed E-state index contributed by atoms with van der Waals surface area (Å²) in [6.45, 7) is 4.11. The second-order valence-electron chi connectivity index (χ2n) is 5.52. The number of hydrogen-bond acceptors (Lipinski definition) is 4. The van der Waals surface area contributed by atoms with E-state index in [0.717, 1.165) is 4.90 Å². The van der Waals surface area contributed by atoms with E-state index in [2.05, 4.69) is 0 Å². The van der Waals surface area contributed by atoms with E-state index in [1.54, 1.807) is 0 Å². The van der Waals surface area contributed by atoms with Gasteiger partial charge in [0, 0.05) is 13.1 Å². The van der Waals surface area contributed by atoms with Crippen molar-refractivity contribution >= 4 is 12.0 Å². The lowest BCUT2D eigenvalue weighted by atomic mass is 10.1. The number of aliphatic hydroxyl groups is 1. The van der Waals surface area contributed by atoms with Crippen LogP contribution in [0, 0.1) is 0 Å². The Morgan fingerprint density at radius 3 is 2.15 bits per heavy atom. The minimum Gasteiger partial charge on any atom is -0.444 e. The molecule has 0 aromatic carbocycles. The number of alkyl carbamates (subject to hydrolysis) is 1. The number of alkyl halides is 3. The Morgan fingerprint density at radius 2 is 1.80 bits per heavy atom. The minimum absolute atomic E-state index is 0.179. The molecule has 6 nitrogen and oxygen atoms in total. The van der Waals surface area contributed by atoms with Crippen molar-refractivity contribution in [1.29, 1.82) is 0 Å². The number of carbonyl (C=O) groups excluding carboxylic acids is 2. The van der Waals surface area contributed by atoms with Crippen LogP contribution >= 0.6 is 0 Å². The number of aliphatic hydroxyl groups excluding tert-OH is 1. The van der Waals surface area contributed by atoms with E-state index in [1.807, 2.05) is 0 Å². The normalized spacial score (nSPS) is 18.2. The Morgan fingerprint density at radius 1 is 1.30 bits per heavy atom. The third-order valence-electron chi connectivity index (χ3n) is 2.41. The maximum absolute atomic E-state index is 12.8. The molecular weight excluding hydrogens is 281 g/mol. The largest absolute Gasteiger partial charge is 0.444 e. The van der Waals surface area contributed by atoms with Crippen LogP contribution in [0.1, 0.15) is 20.8 Å². The molecule has 1 atom stereocenters. The summed E-state index contributed by atoms with van der Waals surface area (Å²) in [7, 11) is 0. The van der Waals surface area contributed by atoms with Crippen LogP contribution in [0.15, 0.2) is 0 Å². The molecule has 20 heavy (non-hydrogen) atoms. The molecule has 1 aliphatic heterocycles. The number of nitrogens with one attached hydrogen (secondary N) is 1. The fraction of sp³-hybridized carbons (Fsp3) is 0.818. The first-order valence-corrected chi connectivity index (χ1v) is 5.93. The molecule has 0 aromatic heterocycles. The highest BCUT2D eigenvalue weighted by atomic mass is 19.4. The van der Waals surface area contributed by atoms with Gasteiger partial charge in [-0.15, -0.1) is 0 Å². The monoisotopic (exact) mass is 298 g/mol. The third-order valence-corrected chi connectivity index (χ3v) is 2.41. The summed E-state index contributed by atoms with van der Waals surface area (Å²) in [5, 5.41) is 10.5. The molecule has 1 saturated heterocycles. The molecule has 0 unspecified atom stereocenters. The molecule has 0 aromatic rings. The van der Waals surface area contributed by atoms with E-state index in [-0.39, 0.29) is 13.1 Å². The number of β-amino-alcohol motifs (C(OH)–C–C–N with tert-alkyl or cyclic N) is 1. The summed E-state index contributed by atoms with van der Waals surface area (Å²) >= 11 is 0. The molecule has 0 bridgehead atoms. The maximum Gasteiger partial charge on any atom is 0.417 e. The smallest absolute Gasteiger partial charge is 0.417 e. The van der Waals surface area contributed by atoms with Crippen LogP contribution in [0.25, 0.3) is 0 Å². The average Bonchev–Trinajstić information content (AvgIpc) is 2.16. The van der Waals surface area contributed by atoms with Gasteiger partial charge < -0.3 is 20.1 Å². The van der Waals surface area contributed by atoms with E-state index in [1.165, 1.54) is 26.1 Å². The molecule has 0 spiro atoms. The molecule has 0 saturated carbocycles. The van der Waals surface area contributed by atoms with Crippen LogP contribution in [-0.4, -0.2) is 59.0 Å². The Hall–Kier alpha value is -1.51. The van der Waals surface area contributed by atoms with Crippen molar-refractivity contribution in [2.45, 2.75) is 44.7 Å². The lowest BCUT2D eigenvalue weighted by Gasteiger charge is -2.38. The number of halogens is 3. The highest BCUT2D eigenvalue weighted by molar-refractivity contribution is 5.87. The van der Waals surface area contributed by atoms with E-state index in [9.17, 15) is 22.8 Å². The Bertz CT molecular complexity index is 386. The number of carbonyl (C=O) groups is 2. The van der Waals surface area contributed by atoms with Crippen molar-refractivity contribution in [3.05, 3.63) is 0 Å². The summed E-state index contributed by atoms with van der Waals surface area (Å²) < 4.78 is 43.1. The summed E-state index contributed by atoms with van der Waals surface area (Å²) in [6.07, 6.45) is -7.09. The summed E-state index contributed by atoms with van der Waals surface area (Å²) in [4.78, 5) is 23.8. The number of likely N-dealkylation sites (tertiary alicyclic amines) is 1. The molecule has 0 radical (unpaired) electrons. The van der Waals surface area contributed by atoms with E-state index < -0.39 is 35.9 Å². The topological polar surface area (TPSA) is 78.9 Å². The summed E-state index contributed by atoms with van der Waals surface area (Å²) in [6, 6.07) is -2.68. The van der Waals surface area contributed by atoms with Crippen molar-refractivity contribution in [3.63, 3.8) is 0 Å². The van der Waals surface area contributed by atoms with Crippen LogP contribution in [0.3, 0.4) is 0 Å². The van der Waals surface area contributed by atoms with Crippen LogP contribution in [-0.2, 0) is 9.53 Å². The van der Waals surface area contributed by atoms with Crippen LogP contribution < -0.4 is 5.32 Å². The molecule has 1 aliphatic rings. The third kappa shape index (κ3) is 4.55. The number of ether oxygens (including phenoxy) is 1. The highest BCUT2D eigenvalue weighted by Gasteiger charge is 2.50. The number of nitrogens with zero attached hydrogens (tertiary/aromatic N) is 1. The second-order valence-corrected chi connectivity index (χ2v) is 5.52. The fourth-order valence-corrected chi connectivity index (χ4v) is 1.53. The predicted octanol–water partition coefficient (Wildman–Crippen LogP) is 0.645. The summed E-state index contributed by atoms with van der Waals surface area (Å²) in [5.41, 5.74) is -0.976. The highest BCUT2D eigenvalue weighted by Crippen LogP contribution is 2.24. The molecule has 1 rings (SSSR count). The van der Waals surface area contributed by atoms with Gasteiger partial charge in [-0.1, -0.05) is 0 Å². The first-order valence-electron chi connectivity index (χ1n) is 5.93. The molecule has 2 amide bonds. The van der Waals surface area contributed by atoms with Gasteiger partial charge in [0.2, 0.25) is 6.04 Å². The first-order chi connectivity index (χ1) is 8.90. The number of rotatable bonds is 2. The summed E-state index contributed by atoms with van der Waals surface area (Å²) in [5.74, 6) is -1.31. The van der Waals surface area contributed by atoms with Crippen molar-refractivity contribution in [2.24, 2.45) is 0 Å². The zero-order valence-electron chi connectivity index (χ0n) is 11.3. The lowest BCUT2D eigenvalue weighted by molar-refractivity contribution is -0.180. The lowest BCUT2D eigenvalue weighted by Crippen LogP contribution is -2.63. The number of amides is 2. The Labute approximate surface area is 113 Å². The molecule has 1 heterocycles. The van der Waals surface area contributed by atoms with Gasteiger partial charge in [-0.05, 0) is 20.8 Å². The van der Waals surface area contributed by atoms with Crippen molar-refractivity contribution < 1.29 is 32.6 Å². The van der Waals surface area contributed by atoms with Crippen molar-refractivity contribution in [3.8, 4) is 0 Å². The van der Waals surface area contributed by atoms with Gasteiger partial charge in [0.1, 0.15) is 5.60 Å². The quantitative estimate of drug-likeness (QED) is 0.784. The van der Waals surface area contributed by atoms with Gasteiger partial charge in [-0.2, -0.15) is 13.2 Å². The molecule has 9 heteroatoms.